The van der Waals surface area contributed by atoms with E-state index in [1.807, 2.05) is 11.8 Å². The summed E-state index contributed by atoms with van der Waals surface area (Å²) < 4.78 is 34.1. The normalized spacial score (nSPS) is 22.5. The van der Waals surface area contributed by atoms with E-state index in [1.165, 1.54) is 4.31 Å². The maximum Gasteiger partial charge on any atom is 0.282 e. The standard InChI is InChI=1S/C20H31N5O4S/c1-16-21-15-18(20(26)23-6-2-3-7-23)19(22-16)14-17-4-8-24(9-5-17)30(27,28)25-10-12-29-13-11-25/h15,17H,2-14H2,1H3. The predicted octanol–water partition coefficient (Wildman–Crippen LogP) is 0.853. The molecule has 1 amide bonds. The molecule has 3 aliphatic rings. The van der Waals surface area contributed by atoms with E-state index in [0.717, 1.165) is 44.5 Å². The molecule has 3 saturated heterocycles. The molecule has 0 aliphatic carbocycles. The van der Waals surface area contributed by atoms with E-state index >= 15 is 0 Å². The Kier molecular flexibility index (Phi) is 6.66. The van der Waals surface area contributed by atoms with Gasteiger partial charge in [-0.1, -0.05) is 0 Å². The van der Waals surface area contributed by atoms with Gasteiger partial charge in [-0.05, 0) is 44.9 Å². The molecule has 166 valence electrons. The number of piperidine rings is 1. The lowest BCUT2D eigenvalue weighted by molar-refractivity contribution is 0.0693. The lowest BCUT2D eigenvalue weighted by Crippen LogP contribution is -2.50. The molecule has 9 nitrogen and oxygen atoms in total. The zero-order valence-corrected chi connectivity index (χ0v) is 18.4. The summed E-state index contributed by atoms with van der Waals surface area (Å²) in [4.78, 5) is 23.7. The number of nitrogens with zero attached hydrogens (tertiary/aromatic N) is 5. The second-order valence-electron chi connectivity index (χ2n) is 8.34. The Morgan fingerprint density at radius 2 is 1.70 bits per heavy atom. The summed E-state index contributed by atoms with van der Waals surface area (Å²) in [5.74, 6) is 0.991. The summed E-state index contributed by atoms with van der Waals surface area (Å²) in [5, 5.41) is 0. The second-order valence-corrected chi connectivity index (χ2v) is 10.3. The number of amides is 1. The Hall–Kier alpha value is -1.62. The van der Waals surface area contributed by atoms with Gasteiger partial charge in [0.2, 0.25) is 0 Å². The first kappa shape index (κ1) is 21.6. The van der Waals surface area contributed by atoms with Crippen molar-refractivity contribution in [1.82, 2.24) is 23.5 Å². The van der Waals surface area contributed by atoms with Gasteiger partial charge in [-0.2, -0.15) is 17.0 Å². The van der Waals surface area contributed by atoms with E-state index < -0.39 is 10.2 Å². The largest absolute Gasteiger partial charge is 0.379 e. The molecule has 10 heteroatoms. The van der Waals surface area contributed by atoms with Crippen molar-refractivity contribution in [1.29, 1.82) is 0 Å². The van der Waals surface area contributed by atoms with Crippen LogP contribution in [0.3, 0.4) is 0 Å². The molecule has 0 radical (unpaired) electrons. The molecule has 3 aliphatic heterocycles. The first-order chi connectivity index (χ1) is 14.4. The Morgan fingerprint density at radius 1 is 1.07 bits per heavy atom. The summed E-state index contributed by atoms with van der Waals surface area (Å²) in [6, 6.07) is 0. The molecule has 0 spiro atoms. The Labute approximate surface area is 178 Å². The second kappa shape index (κ2) is 9.25. The molecule has 0 atom stereocenters. The van der Waals surface area contributed by atoms with Gasteiger partial charge in [0.1, 0.15) is 5.82 Å². The molecule has 30 heavy (non-hydrogen) atoms. The minimum Gasteiger partial charge on any atom is -0.379 e. The molecule has 3 fully saturated rings. The van der Waals surface area contributed by atoms with Crippen LogP contribution in [0, 0.1) is 12.8 Å². The topological polar surface area (TPSA) is 95.9 Å². The molecule has 0 bridgehead atoms. The van der Waals surface area contributed by atoms with Gasteiger partial charge < -0.3 is 9.64 Å². The summed E-state index contributed by atoms with van der Waals surface area (Å²) in [7, 11) is -3.42. The zero-order chi connectivity index (χ0) is 21.1. The van der Waals surface area contributed by atoms with Crippen molar-refractivity contribution in [3.63, 3.8) is 0 Å². The van der Waals surface area contributed by atoms with Crippen LogP contribution in [-0.2, 0) is 21.4 Å². The average molecular weight is 438 g/mol. The molecule has 0 saturated carbocycles. The Balaban J connectivity index is 1.40. The fourth-order valence-electron chi connectivity index (χ4n) is 4.50. The van der Waals surface area contributed by atoms with Crippen LogP contribution in [0.4, 0.5) is 0 Å². The van der Waals surface area contributed by atoms with Crippen molar-refractivity contribution in [2.75, 3.05) is 52.5 Å². The molecule has 1 aromatic rings. The highest BCUT2D eigenvalue weighted by Crippen LogP contribution is 2.26. The lowest BCUT2D eigenvalue weighted by Gasteiger charge is -2.36. The third-order valence-corrected chi connectivity index (χ3v) is 8.33. The third kappa shape index (κ3) is 4.66. The molecular weight excluding hydrogens is 406 g/mol. The molecular formula is C20H31N5O4S. The van der Waals surface area contributed by atoms with Gasteiger partial charge in [-0.25, -0.2) is 9.97 Å². The highest BCUT2D eigenvalue weighted by atomic mass is 32.2. The first-order valence-electron chi connectivity index (χ1n) is 10.9. The lowest BCUT2D eigenvalue weighted by atomic mass is 9.91. The Bertz CT molecular complexity index is 858. The van der Waals surface area contributed by atoms with Crippen molar-refractivity contribution >= 4 is 16.1 Å². The van der Waals surface area contributed by atoms with Crippen molar-refractivity contribution in [2.24, 2.45) is 5.92 Å². The minimum atomic E-state index is -3.42. The molecule has 4 rings (SSSR count). The highest BCUT2D eigenvalue weighted by Gasteiger charge is 2.34. The number of hydrogen-bond acceptors (Lipinski definition) is 6. The number of hydrogen-bond donors (Lipinski definition) is 0. The average Bonchev–Trinajstić information content (AvgIpc) is 3.29. The first-order valence-corrected chi connectivity index (χ1v) is 12.3. The van der Waals surface area contributed by atoms with Crippen molar-refractivity contribution in [3.8, 4) is 0 Å². The number of aromatic nitrogens is 2. The molecule has 0 aromatic carbocycles. The maximum absolute atomic E-state index is 12.9. The molecule has 1 aromatic heterocycles. The van der Waals surface area contributed by atoms with Crippen LogP contribution in [0.15, 0.2) is 6.20 Å². The van der Waals surface area contributed by atoms with Crippen LogP contribution in [0.1, 0.15) is 47.6 Å². The van der Waals surface area contributed by atoms with Crippen LogP contribution >= 0.6 is 0 Å². The van der Waals surface area contributed by atoms with Gasteiger partial charge in [0.25, 0.3) is 16.1 Å². The number of rotatable bonds is 5. The predicted molar refractivity (Wildman–Crippen MR) is 111 cm³/mol. The van der Waals surface area contributed by atoms with Crippen LogP contribution in [0.2, 0.25) is 0 Å². The van der Waals surface area contributed by atoms with Crippen molar-refractivity contribution in [3.05, 3.63) is 23.3 Å². The third-order valence-electron chi connectivity index (χ3n) is 6.29. The van der Waals surface area contributed by atoms with Crippen LogP contribution in [0.5, 0.6) is 0 Å². The van der Waals surface area contributed by atoms with Gasteiger partial charge in [0.05, 0.1) is 24.5 Å². The number of morpholine rings is 1. The van der Waals surface area contributed by atoms with Crippen LogP contribution in [-0.4, -0.2) is 90.3 Å². The summed E-state index contributed by atoms with van der Waals surface area (Å²) in [6.07, 6.45) is 5.97. The number of ether oxygens (including phenoxy) is 1. The fourth-order valence-corrected chi connectivity index (χ4v) is 6.11. The number of carbonyl (C=O) groups excluding carboxylic acids is 1. The van der Waals surface area contributed by atoms with E-state index in [9.17, 15) is 13.2 Å². The molecule has 4 heterocycles. The van der Waals surface area contributed by atoms with E-state index in [0.29, 0.717) is 63.1 Å². The summed E-state index contributed by atoms with van der Waals surface area (Å²) in [5.41, 5.74) is 1.40. The fraction of sp³-hybridized carbons (Fsp3) is 0.750. The number of likely N-dealkylation sites (tertiary alicyclic amines) is 1. The van der Waals surface area contributed by atoms with Gasteiger partial charge in [0, 0.05) is 45.5 Å². The van der Waals surface area contributed by atoms with E-state index in [-0.39, 0.29) is 5.91 Å². The summed E-state index contributed by atoms with van der Waals surface area (Å²) >= 11 is 0. The summed E-state index contributed by atoms with van der Waals surface area (Å²) in [6.45, 7) is 6.19. The Morgan fingerprint density at radius 3 is 2.37 bits per heavy atom. The van der Waals surface area contributed by atoms with E-state index in [1.54, 1.807) is 10.5 Å². The van der Waals surface area contributed by atoms with E-state index in [4.69, 9.17) is 4.74 Å². The number of carbonyl (C=O) groups is 1. The highest BCUT2D eigenvalue weighted by molar-refractivity contribution is 7.86. The van der Waals surface area contributed by atoms with Crippen molar-refractivity contribution in [2.45, 2.75) is 39.0 Å². The number of aryl methyl sites for hydroxylation is 1. The maximum atomic E-state index is 12.9. The van der Waals surface area contributed by atoms with Crippen molar-refractivity contribution < 1.29 is 17.9 Å². The molecule has 0 unspecified atom stereocenters. The van der Waals surface area contributed by atoms with Crippen LogP contribution in [0.25, 0.3) is 0 Å². The SMILES string of the molecule is Cc1ncc(C(=O)N2CCCC2)c(CC2CCN(S(=O)(=O)N3CCOCC3)CC2)n1. The van der Waals surface area contributed by atoms with Gasteiger partial charge in [-0.3, -0.25) is 4.79 Å². The van der Waals surface area contributed by atoms with Crippen LogP contribution < -0.4 is 0 Å². The van der Waals surface area contributed by atoms with Gasteiger partial charge >= 0.3 is 0 Å². The zero-order valence-electron chi connectivity index (χ0n) is 17.6. The van der Waals surface area contributed by atoms with E-state index in [2.05, 4.69) is 9.97 Å². The quantitative estimate of drug-likeness (QED) is 0.678. The monoisotopic (exact) mass is 437 g/mol. The minimum absolute atomic E-state index is 0.0230. The van der Waals surface area contributed by atoms with Gasteiger partial charge in [-0.15, -0.1) is 0 Å². The molecule has 0 N–H and O–H groups in total. The van der Waals surface area contributed by atoms with Gasteiger partial charge in [0.15, 0.2) is 0 Å². The smallest absolute Gasteiger partial charge is 0.282 e.